The molecule has 5 aromatic heterocycles. The first-order valence-corrected chi connectivity index (χ1v) is 20.9. The Labute approximate surface area is 336 Å². The van der Waals surface area contributed by atoms with E-state index in [4.69, 9.17) is 19.9 Å². The van der Waals surface area contributed by atoms with Crippen LogP contribution in [0.4, 0.5) is 0 Å². The summed E-state index contributed by atoms with van der Waals surface area (Å²) in [6.45, 7) is 9.03. The Morgan fingerprint density at radius 3 is 1.21 bits per heavy atom. The highest BCUT2D eigenvalue weighted by Gasteiger charge is 2.23. The highest BCUT2D eigenvalue weighted by Crippen LogP contribution is 2.44. The summed E-state index contributed by atoms with van der Waals surface area (Å²) in [6, 6.07) is 35.3. The molecule has 2 aliphatic heterocycles. The van der Waals surface area contributed by atoms with Crippen LogP contribution in [0.5, 0.6) is 0 Å². The monoisotopic (exact) mass is 752 g/mol. The average molecular weight is 753 g/mol. The van der Waals surface area contributed by atoms with E-state index in [0.717, 1.165) is 116 Å². The van der Waals surface area contributed by atoms with Gasteiger partial charge in [-0.3, -0.25) is 9.97 Å². The lowest BCUT2D eigenvalue weighted by Crippen LogP contribution is -1.87. The number of unbranched alkanes of at least 4 members (excludes halogenated alkanes) is 2. The van der Waals surface area contributed by atoms with Crippen molar-refractivity contribution < 1.29 is 0 Å². The molecule has 2 N–H and O–H groups in total. The van der Waals surface area contributed by atoms with E-state index in [0.29, 0.717) is 0 Å². The zero-order chi connectivity index (χ0) is 39.1. The van der Waals surface area contributed by atoms with Crippen LogP contribution in [0.15, 0.2) is 109 Å². The van der Waals surface area contributed by atoms with E-state index < -0.39 is 0 Å². The summed E-state index contributed by atoms with van der Waals surface area (Å²) in [5, 5.41) is 11.8. The quantitative estimate of drug-likeness (QED) is 0.166. The van der Waals surface area contributed by atoms with Crippen LogP contribution in [0.1, 0.15) is 89.0 Å². The fraction of sp³-hybridized carbons (Fsp3) is 0.192. The number of aromatic amines is 2. The average Bonchev–Trinajstić information content (AvgIpc) is 3.97. The van der Waals surface area contributed by atoms with E-state index in [1.807, 2.05) is 24.5 Å². The van der Waals surface area contributed by atoms with Gasteiger partial charge in [0.15, 0.2) is 0 Å². The number of nitrogens with one attached hydrogen (secondary N) is 2. The normalized spacial score (nSPS) is 13.4. The fourth-order valence-electron chi connectivity index (χ4n) is 9.75. The number of aromatic nitrogens is 6. The van der Waals surface area contributed by atoms with Crippen molar-refractivity contribution in [1.29, 1.82) is 0 Å². The summed E-state index contributed by atoms with van der Waals surface area (Å²) in [5.41, 5.74) is 15.0. The third-order valence-corrected chi connectivity index (χ3v) is 12.6. The molecule has 4 aromatic carbocycles. The van der Waals surface area contributed by atoms with Crippen LogP contribution in [0.3, 0.4) is 0 Å². The summed E-state index contributed by atoms with van der Waals surface area (Å²) in [7, 11) is 0. The number of rotatable bonds is 6. The molecule has 0 spiro atoms. The first-order valence-electron chi connectivity index (χ1n) is 20.9. The van der Waals surface area contributed by atoms with Gasteiger partial charge in [0.1, 0.15) is 0 Å². The molecule has 0 saturated heterocycles. The number of nitrogens with zero attached hydrogens (tertiary/aromatic N) is 4. The van der Waals surface area contributed by atoms with Gasteiger partial charge in [-0.1, -0.05) is 87.4 Å². The van der Waals surface area contributed by atoms with Gasteiger partial charge in [0.2, 0.25) is 0 Å². The maximum absolute atomic E-state index is 5.52. The molecule has 8 bridgehead atoms. The molecule has 0 fully saturated rings. The molecule has 0 atom stereocenters. The van der Waals surface area contributed by atoms with Gasteiger partial charge in [0.25, 0.3) is 0 Å². The van der Waals surface area contributed by atoms with Crippen LogP contribution in [0, 0.1) is 0 Å². The topological polar surface area (TPSA) is 83.1 Å². The summed E-state index contributed by atoms with van der Waals surface area (Å²) in [5.74, 6) is 0. The minimum absolute atomic E-state index is 0.903. The van der Waals surface area contributed by atoms with Gasteiger partial charge < -0.3 is 9.97 Å². The summed E-state index contributed by atoms with van der Waals surface area (Å²) < 4.78 is 0. The van der Waals surface area contributed by atoms with Gasteiger partial charge >= 0.3 is 0 Å². The van der Waals surface area contributed by atoms with Crippen molar-refractivity contribution >= 4 is 109 Å². The number of hydrogen-bond acceptors (Lipinski definition) is 4. The van der Waals surface area contributed by atoms with Crippen molar-refractivity contribution in [2.75, 3.05) is 0 Å². The zero-order valence-electron chi connectivity index (χ0n) is 33.4. The Balaban J connectivity index is 1.38. The second-order valence-electron chi connectivity index (χ2n) is 16.1. The molecular formula is C52H44N6. The molecule has 11 rings (SSSR count). The number of hydrogen-bond donors (Lipinski definition) is 2. The maximum Gasteiger partial charge on any atom is 0.0971 e. The van der Waals surface area contributed by atoms with Crippen molar-refractivity contribution in [3.8, 4) is 0 Å². The minimum atomic E-state index is 0.903. The lowest BCUT2D eigenvalue weighted by atomic mass is 9.95. The molecule has 7 heterocycles. The number of benzene rings is 4. The Bertz CT molecular complexity index is 3230. The molecule has 58 heavy (non-hydrogen) atoms. The second kappa shape index (κ2) is 13.5. The van der Waals surface area contributed by atoms with Crippen LogP contribution in [0.25, 0.3) is 109 Å². The van der Waals surface area contributed by atoms with Crippen molar-refractivity contribution in [1.82, 2.24) is 29.9 Å². The second-order valence-corrected chi connectivity index (χ2v) is 16.1. The molecule has 0 aliphatic carbocycles. The Morgan fingerprint density at radius 2 is 0.793 bits per heavy atom. The van der Waals surface area contributed by atoms with Crippen LogP contribution in [-0.4, -0.2) is 29.9 Å². The van der Waals surface area contributed by atoms with Gasteiger partial charge in [-0.25, -0.2) is 9.97 Å². The maximum atomic E-state index is 5.52. The van der Waals surface area contributed by atoms with Crippen LogP contribution >= 0.6 is 0 Å². The predicted molar refractivity (Wildman–Crippen MR) is 246 cm³/mol. The molecule has 0 radical (unpaired) electrons. The lowest BCUT2D eigenvalue weighted by Gasteiger charge is -2.07. The highest BCUT2D eigenvalue weighted by atomic mass is 14.8. The van der Waals surface area contributed by atoms with E-state index in [2.05, 4.69) is 123 Å². The molecular weight excluding hydrogens is 709 g/mol. The zero-order valence-corrected chi connectivity index (χ0v) is 33.4. The first-order chi connectivity index (χ1) is 28.5. The third kappa shape index (κ3) is 5.17. The molecule has 0 unspecified atom stereocenters. The largest absolute Gasteiger partial charge is 0.354 e. The van der Waals surface area contributed by atoms with Crippen LogP contribution < -0.4 is 0 Å². The number of H-pyrrole nitrogens is 2. The van der Waals surface area contributed by atoms with Gasteiger partial charge in [-0.15, -0.1) is 0 Å². The fourth-order valence-corrected chi connectivity index (χ4v) is 9.75. The van der Waals surface area contributed by atoms with Crippen molar-refractivity contribution in [3.05, 3.63) is 132 Å². The highest BCUT2D eigenvalue weighted by molar-refractivity contribution is 6.34. The van der Waals surface area contributed by atoms with Gasteiger partial charge in [0, 0.05) is 66.8 Å². The standard InChI is InChI=1S/C52H44N6/c1-5-7-15-31-29(3)39-25-43-47-35-19-11-9-17-33(35)34-18-10-12-20-36(34)48(47)44(57-43)26-40-30(4)32(16-8-6-2)42(56-40)28-46-50-38-22-14-24-54-52(38)51-37(21-13-23-53-51)49(50)45(58-46)27-41(31)55-39/h9-14,17-28,57-58H,5-8,15-16H2,1-4H3. The Morgan fingerprint density at radius 1 is 0.431 bits per heavy atom. The van der Waals surface area contributed by atoms with Crippen LogP contribution in [0.2, 0.25) is 0 Å². The van der Waals surface area contributed by atoms with E-state index in [-0.39, 0.29) is 0 Å². The lowest BCUT2D eigenvalue weighted by molar-refractivity contribution is 0.824. The molecule has 282 valence electrons. The van der Waals surface area contributed by atoms with Gasteiger partial charge in [-0.05, 0) is 120 Å². The van der Waals surface area contributed by atoms with Gasteiger partial charge in [0.05, 0.1) is 33.8 Å². The number of allylic oxidation sites excluding steroid dienone is 4. The molecule has 2 aliphatic rings. The third-order valence-electron chi connectivity index (χ3n) is 12.6. The molecule has 0 amide bonds. The summed E-state index contributed by atoms with van der Waals surface area (Å²) in [4.78, 5) is 28.8. The van der Waals surface area contributed by atoms with Crippen LogP contribution in [-0.2, 0) is 0 Å². The molecule has 0 saturated carbocycles. The summed E-state index contributed by atoms with van der Waals surface area (Å²) >= 11 is 0. The summed E-state index contributed by atoms with van der Waals surface area (Å²) in [6.07, 6.45) is 10.1. The molecule has 9 aromatic rings. The molecule has 6 heteroatoms. The van der Waals surface area contributed by atoms with Crippen molar-refractivity contribution in [2.24, 2.45) is 0 Å². The van der Waals surface area contributed by atoms with E-state index in [1.165, 1.54) is 54.6 Å². The van der Waals surface area contributed by atoms with E-state index >= 15 is 0 Å². The smallest absolute Gasteiger partial charge is 0.0971 e. The SMILES string of the molecule is CCCCC1=C(C)c2cc3[nH]c(cc4nc(cc5[nH]c(cc1n2)c1c2cccnc2c2ncccc2c51)C(CCCC)=C4C)c1c2ccccc2c2ccccc2c31. The minimum Gasteiger partial charge on any atom is -0.354 e. The first kappa shape index (κ1) is 34.6. The number of fused-ring (bicyclic) bond motifs is 24. The number of pyridine rings is 2. The van der Waals surface area contributed by atoms with E-state index in [9.17, 15) is 0 Å². The molecule has 6 nitrogen and oxygen atoms in total. The van der Waals surface area contributed by atoms with Crippen molar-refractivity contribution in [2.45, 2.75) is 66.2 Å². The predicted octanol–water partition coefficient (Wildman–Crippen LogP) is 14.3. The Kier molecular flexibility index (Phi) is 8.04. The van der Waals surface area contributed by atoms with Gasteiger partial charge in [-0.2, -0.15) is 0 Å². The van der Waals surface area contributed by atoms with Crippen molar-refractivity contribution in [3.63, 3.8) is 0 Å². The van der Waals surface area contributed by atoms with E-state index in [1.54, 1.807) is 0 Å². The Hall–Kier alpha value is -6.66.